The van der Waals surface area contributed by atoms with Gasteiger partial charge < -0.3 is 4.90 Å². The molecule has 1 aliphatic heterocycles. The van der Waals surface area contributed by atoms with Crippen molar-refractivity contribution in [3.8, 4) is 0 Å². The van der Waals surface area contributed by atoms with Crippen LogP contribution >= 0.6 is 0 Å². The minimum absolute atomic E-state index is 0.232. The van der Waals surface area contributed by atoms with Gasteiger partial charge in [0.25, 0.3) is 5.91 Å². The van der Waals surface area contributed by atoms with Crippen LogP contribution in [-0.4, -0.2) is 28.9 Å². The van der Waals surface area contributed by atoms with E-state index in [1.54, 1.807) is 0 Å². The summed E-state index contributed by atoms with van der Waals surface area (Å²) in [5.74, 6) is -2.83. The molecule has 1 saturated heterocycles. The molecule has 1 aromatic rings. The number of aromatic nitrogens is 1. The molecule has 0 aliphatic carbocycles. The van der Waals surface area contributed by atoms with Crippen LogP contribution in [0, 0.1) is 11.8 Å². The smallest absolute Gasteiger partial charge is 0.257 e. The van der Waals surface area contributed by atoms with Gasteiger partial charge in [-0.15, -0.1) is 0 Å². The van der Waals surface area contributed by atoms with E-state index in [0.717, 1.165) is 19.0 Å². The Morgan fingerprint density at radius 2 is 2.00 bits per heavy atom. The molecule has 1 fully saturated rings. The molecule has 0 radical (unpaired) electrons. The maximum Gasteiger partial charge on any atom is 0.257 e. The molecule has 2 rings (SSSR count). The molecule has 5 heteroatoms. The van der Waals surface area contributed by atoms with Crippen LogP contribution < -0.4 is 0 Å². The zero-order valence-electron chi connectivity index (χ0n) is 8.04. The normalized spacial score (nSPS) is 15.7. The molecule has 0 saturated carbocycles. The number of rotatable bonds is 1. The quantitative estimate of drug-likeness (QED) is 0.662. The maximum atomic E-state index is 13.2. The summed E-state index contributed by atoms with van der Waals surface area (Å²) in [7, 11) is 0. The zero-order chi connectivity index (χ0) is 10.8. The van der Waals surface area contributed by atoms with Gasteiger partial charge in [0.1, 0.15) is 0 Å². The van der Waals surface area contributed by atoms with Gasteiger partial charge in [-0.3, -0.25) is 4.79 Å². The van der Waals surface area contributed by atoms with Crippen molar-refractivity contribution < 1.29 is 13.6 Å². The van der Waals surface area contributed by atoms with Gasteiger partial charge in [0, 0.05) is 19.3 Å². The van der Waals surface area contributed by atoms with E-state index in [1.165, 1.54) is 11.0 Å². The molecular weight excluding hydrogens is 202 g/mol. The average Bonchev–Trinajstić information content (AvgIpc) is 2.74. The first-order valence-electron chi connectivity index (χ1n) is 4.79. The minimum atomic E-state index is -1.22. The van der Waals surface area contributed by atoms with Crippen molar-refractivity contribution in [1.82, 2.24) is 9.88 Å². The van der Waals surface area contributed by atoms with Crippen LogP contribution in [0.15, 0.2) is 12.3 Å². The topological polar surface area (TPSA) is 33.2 Å². The number of likely N-dealkylation sites (tertiary alicyclic amines) is 1. The summed E-state index contributed by atoms with van der Waals surface area (Å²) < 4.78 is 26.0. The van der Waals surface area contributed by atoms with Crippen LogP contribution in [0.1, 0.15) is 23.2 Å². The van der Waals surface area contributed by atoms with Gasteiger partial charge >= 0.3 is 0 Å². The molecule has 0 aromatic carbocycles. The first kappa shape index (κ1) is 10.0. The van der Waals surface area contributed by atoms with Gasteiger partial charge in [-0.1, -0.05) is 0 Å². The molecule has 80 valence electrons. The molecule has 15 heavy (non-hydrogen) atoms. The van der Waals surface area contributed by atoms with Gasteiger partial charge in [0.05, 0.1) is 5.56 Å². The number of nitrogens with zero attached hydrogens (tertiary/aromatic N) is 2. The third-order valence-corrected chi connectivity index (χ3v) is 2.47. The number of hydrogen-bond donors (Lipinski definition) is 0. The fraction of sp³-hybridized carbons (Fsp3) is 0.400. The summed E-state index contributed by atoms with van der Waals surface area (Å²) >= 11 is 0. The molecule has 0 N–H and O–H groups in total. The van der Waals surface area contributed by atoms with E-state index in [4.69, 9.17) is 0 Å². The van der Waals surface area contributed by atoms with E-state index < -0.39 is 17.7 Å². The van der Waals surface area contributed by atoms with Crippen molar-refractivity contribution in [2.45, 2.75) is 12.8 Å². The Bertz CT molecular complexity index is 389. The van der Waals surface area contributed by atoms with Gasteiger partial charge in [-0.25, -0.2) is 9.37 Å². The van der Waals surface area contributed by atoms with E-state index in [9.17, 15) is 13.6 Å². The van der Waals surface area contributed by atoms with Crippen LogP contribution in [0.5, 0.6) is 0 Å². The Balaban J connectivity index is 2.28. The second-order valence-electron chi connectivity index (χ2n) is 3.46. The summed E-state index contributed by atoms with van der Waals surface area (Å²) in [6, 6.07) is 1.21. The molecule has 0 unspecified atom stereocenters. The maximum absolute atomic E-state index is 13.2. The second kappa shape index (κ2) is 3.92. The molecule has 0 atom stereocenters. The van der Waals surface area contributed by atoms with Crippen LogP contribution in [0.2, 0.25) is 0 Å². The first-order valence-corrected chi connectivity index (χ1v) is 4.79. The standard InChI is InChI=1S/C10H10F2N2O/c11-8-7(3-4-13-9(8)12)10(15)14-5-1-2-6-14/h3-4H,1-2,5-6H2. The Morgan fingerprint density at radius 1 is 1.33 bits per heavy atom. The summed E-state index contributed by atoms with van der Waals surface area (Å²) in [5.41, 5.74) is -0.232. The fourth-order valence-corrected chi connectivity index (χ4v) is 1.67. The van der Waals surface area contributed by atoms with Gasteiger partial charge in [0.2, 0.25) is 5.95 Å². The highest BCUT2D eigenvalue weighted by atomic mass is 19.2. The van der Waals surface area contributed by atoms with Crippen LogP contribution in [-0.2, 0) is 0 Å². The van der Waals surface area contributed by atoms with Crippen molar-refractivity contribution in [2.75, 3.05) is 13.1 Å². The highest BCUT2D eigenvalue weighted by Gasteiger charge is 2.23. The highest BCUT2D eigenvalue weighted by Crippen LogP contribution is 2.15. The number of pyridine rings is 1. The number of hydrogen-bond acceptors (Lipinski definition) is 2. The van der Waals surface area contributed by atoms with Gasteiger partial charge in [0.15, 0.2) is 5.82 Å². The van der Waals surface area contributed by atoms with Crippen LogP contribution in [0.25, 0.3) is 0 Å². The Labute approximate surface area is 85.7 Å². The summed E-state index contributed by atoms with van der Waals surface area (Å²) in [4.78, 5) is 16.4. The summed E-state index contributed by atoms with van der Waals surface area (Å²) in [6.07, 6.45) is 2.93. The van der Waals surface area contributed by atoms with Crippen molar-refractivity contribution in [2.24, 2.45) is 0 Å². The zero-order valence-corrected chi connectivity index (χ0v) is 8.04. The Hall–Kier alpha value is -1.52. The molecule has 0 bridgehead atoms. The summed E-state index contributed by atoms with van der Waals surface area (Å²) in [5, 5.41) is 0. The lowest BCUT2D eigenvalue weighted by Gasteiger charge is -2.15. The van der Waals surface area contributed by atoms with Gasteiger partial charge in [-0.2, -0.15) is 4.39 Å². The predicted molar refractivity (Wildman–Crippen MR) is 49.3 cm³/mol. The monoisotopic (exact) mass is 212 g/mol. The highest BCUT2D eigenvalue weighted by molar-refractivity contribution is 5.94. The molecule has 2 heterocycles. The van der Waals surface area contributed by atoms with E-state index in [1.807, 2.05) is 0 Å². The molecular formula is C10H10F2N2O. The molecule has 1 aromatic heterocycles. The number of halogens is 2. The van der Waals surface area contributed by atoms with Crippen molar-refractivity contribution in [3.63, 3.8) is 0 Å². The summed E-state index contributed by atoms with van der Waals surface area (Å²) in [6.45, 7) is 1.23. The minimum Gasteiger partial charge on any atom is -0.339 e. The van der Waals surface area contributed by atoms with Crippen molar-refractivity contribution in [1.29, 1.82) is 0 Å². The number of amides is 1. The van der Waals surface area contributed by atoms with E-state index in [2.05, 4.69) is 4.98 Å². The molecule has 1 amide bonds. The van der Waals surface area contributed by atoms with Crippen LogP contribution in [0.4, 0.5) is 8.78 Å². The Morgan fingerprint density at radius 3 is 2.67 bits per heavy atom. The van der Waals surface area contributed by atoms with Crippen LogP contribution in [0.3, 0.4) is 0 Å². The Kier molecular flexibility index (Phi) is 2.62. The fourth-order valence-electron chi connectivity index (χ4n) is 1.67. The second-order valence-corrected chi connectivity index (χ2v) is 3.46. The van der Waals surface area contributed by atoms with E-state index >= 15 is 0 Å². The average molecular weight is 212 g/mol. The lowest BCUT2D eigenvalue weighted by molar-refractivity contribution is 0.0786. The van der Waals surface area contributed by atoms with Crippen molar-refractivity contribution >= 4 is 5.91 Å². The first-order chi connectivity index (χ1) is 7.20. The predicted octanol–water partition coefficient (Wildman–Crippen LogP) is 1.60. The number of carbonyl (C=O) groups is 1. The number of carbonyl (C=O) groups excluding carboxylic acids is 1. The molecule has 3 nitrogen and oxygen atoms in total. The van der Waals surface area contributed by atoms with Crippen molar-refractivity contribution in [3.05, 3.63) is 29.6 Å². The lowest BCUT2D eigenvalue weighted by Crippen LogP contribution is -2.28. The molecule has 1 aliphatic rings. The third kappa shape index (κ3) is 1.82. The van der Waals surface area contributed by atoms with E-state index in [0.29, 0.717) is 13.1 Å². The lowest BCUT2D eigenvalue weighted by atomic mass is 10.2. The van der Waals surface area contributed by atoms with E-state index in [-0.39, 0.29) is 5.56 Å². The largest absolute Gasteiger partial charge is 0.339 e. The molecule has 0 spiro atoms. The third-order valence-electron chi connectivity index (χ3n) is 2.47. The van der Waals surface area contributed by atoms with Gasteiger partial charge in [-0.05, 0) is 18.9 Å². The SMILES string of the molecule is O=C(c1ccnc(F)c1F)N1CCCC1.